The Morgan fingerprint density at radius 1 is 1.20 bits per heavy atom. The standard InChI is InChI=1S/C22H24N4O3S/c1-11(2)23-20(28)16-17-21(29)26-25-18(22(16,17)4)13-7-5-6-8-14(13)24-19(27)15-10-9-12(3)30-15/h5-11,16-17H,1-4H3,(H,23,28)(H,24,27)(H,26,29)/t16-,17+,22+/m0/s1. The Balaban J connectivity index is 1.66. The van der Waals surface area contributed by atoms with Gasteiger partial charge < -0.3 is 10.6 Å². The van der Waals surface area contributed by atoms with Crippen LogP contribution in [0.1, 0.15) is 40.9 Å². The van der Waals surface area contributed by atoms with E-state index < -0.39 is 17.3 Å². The molecular weight excluding hydrogens is 400 g/mol. The Bertz CT molecular complexity index is 1070. The molecule has 2 aromatic rings. The molecule has 0 bridgehead atoms. The Morgan fingerprint density at radius 2 is 1.93 bits per heavy atom. The fraction of sp³-hybridized carbons (Fsp3) is 0.364. The van der Waals surface area contributed by atoms with Gasteiger partial charge in [0, 0.05) is 21.9 Å². The molecule has 1 aliphatic heterocycles. The second-order valence-corrected chi connectivity index (χ2v) is 9.54. The lowest BCUT2D eigenvalue weighted by Gasteiger charge is -2.22. The predicted octanol–water partition coefficient (Wildman–Crippen LogP) is 2.92. The summed E-state index contributed by atoms with van der Waals surface area (Å²) in [6.45, 7) is 7.61. The number of hydrogen-bond donors (Lipinski definition) is 3. The number of para-hydroxylation sites is 1. The van der Waals surface area contributed by atoms with Gasteiger partial charge in [-0.1, -0.05) is 25.1 Å². The van der Waals surface area contributed by atoms with Gasteiger partial charge in [0.1, 0.15) is 0 Å². The fourth-order valence-electron chi connectivity index (χ4n) is 4.22. The fourth-order valence-corrected chi connectivity index (χ4v) is 4.98. The largest absolute Gasteiger partial charge is 0.354 e. The minimum atomic E-state index is -0.721. The van der Waals surface area contributed by atoms with Gasteiger partial charge in [-0.25, -0.2) is 5.43 Å². The third-order valence-electron chi connectivity index (χ3n) is 5.69. The Labute approximate surface area is 178 Å². The molecule has 0 saturated heterocycles. The Hall–Kier alpha value is -3.00. The van der Waals surface area contributed by atoms with Crippen molar-refractivity contribution in [2.24, 2.45) is 22.4 Å². The first-order chi connectivity index (χ1) is 14.2. The highest BCUT2D eigenvalue weighted by Gasteiger charge is 2.72. The molecule has 2 heterocycles. The number of hydrogen-bond acceptors (Lipinski definition) is 5. The maximum atomic E-state index is 12.7. The van der Waals surface area contributed by atoms with Crippen molar-refractivity contribution in [3.05, 3.63) is 51.7 Å². The van der Waals surface area contributed by atoms with Gasteiger partial charge in [-0.3, -0.25) is 14.4 Å². The van der Waals surface area contributed by atoms with Gasteiger partial charge in [-0.2, -0.15) is 5.10 Å². The van der Waals surface area contributed by atoms with E-state index in [-0.39, 0.29) is 23.8 Å². The molecule has 4 rings (SSSR count). The molecule has 1 aromatic heterocycles. The summed E-state index contributed by atoms with van der Waals surface area (Å²) in [4.78, 5) is 39.5. The van der Waals surface area contributed by atoms with Crippen molar-refractivity contribution in [3.63, 3.8) is 0 Å². The number of aryl methyl sites for hydroxylation is 1. The zero-order chi connectivity index (χ0) is 21.6. The van der Waals surface area contributed by atoms with Gasteiger partial charge >= 0.3 is 0 Å². The van der Waals surface area contributed by atoms with Crippen molar-refractivity contribution >= 4 is 40.5 Å². The summed E-state index contributed by atoms with van der Waals surface area (Å²) in [6.07, 6.45) is 0. The van der Waals surface area contributed by atoms with Crippen molar-refractivity contribution in [1.29, 1.82) is 0 Å². The number of amides is 3. The van der Waals surface area contributed by atoms with Crippen LogP contribution in [0.25, 0.3) is 0 Å². The maximum Gasteiger partial charge on any atom is 0.265 e. The van der Waals surface area contributed by atoms with E-state index >= 15 is 0 Å². The molecule has 1 aliphatic carbocycles. The minimum Gasteiger partial charge on any atom is -0.354 e. The summed E-state index contributed by atoms with van der Waals surface area (Å²) in [5.74, 6) is -1.58. The molecule has 156 valence electrons. The van der Waals surface area contributed by atoms with Gasteiger partial charge in [-0.05, 0) is 39.0 Å². The summed E-state index contributed by atoms with van der Waals surface area (Å²) < 4.78 is 0. The summed E-state index contributed by atoms with van der Waals surface area (Å²) >= 11 is 1.42. The van der Waals surface area contributed by atoms with Crippen molar-refractivity contribution in [2.75, 3.05) is 5.32 Å². The monoisotopic (exact) mass is 424 g/mol. The third-order valence-corrected chi connectivity index (χ3v) is 6.69. The quantitative estimate of drug-likeness (QED) is 0.688. The number of benzene rings is 1. The van der Waals surface area contributed by atoms with E-state index in [2.05, 4.69) is 21.2 Å². The zero-order valence-corrected chi connectivity index (χ0v) is 18.1. The molecule has 3 atom stereocenters. The lowest BCUT2D eigenvalue weighted by molar-refractivity contribution is -0.127. The highest BCUT2D eigenvalue weighted by Crippen LogP contribution is 2.62. The summed E-state index contributed by atoms with van der Waals surface area (Å²) in [6, 6.07) is 11.0. The van der Waals surface area contributed by atoms with Crippen LogP contribution in [-0.2, 0) is 9.59 Å². The van der Waals surface area contributed by atoms with Crippen LogP contribution in [0.3, 0.4) is 0 Å². The molecule has 1 fully saturated rings. The lowest BCUT2D eigenvalue weighted by Crippen LogP contribution is -2.35. The number of carbonyl (C=O) groups is 3. The average Bonchev–Trinajstić information content (AvgIpc) is 3.11. The van der Waals surface area contributed by atoms with Crippen LogP contribution < -0.4 is 16.1 Å². The van der Waals surface area contributed by atoms with Crippen molar-refractivity contribution < 1.29 is 14.4 Å². The van der Waals surface area contributed by atoms with Crippen molar-refractivity contribution in [2.45, 2.75) is 33.7 Å². The number of rotatable bonds is 5. The van der Waals surface area contributed by atoms with Gasteiger partial charge in [0.2, 0.25) is 11.8 Å². The highest BCUT2D eigenvalue weighted by molar-refractivity contribution is 7.14. The number of carbonyl (C=O) groups excluding carboxylic acids is 3. The molecule has 30 heavy (non-hydrogen) atoms. The van der Waals surface area contributed by atoms with Gasteiger partial charge in [0.25, 0.3) is 5.91 Å². The van der Waals surface area contributed by atoms with Crippen LogP contribution >= 0.6 is 11.3 Å². The van der Waals surface area contributed by atoms with Crippen LogP contribution in [0.4, 0.5) is 5.69 Å². The molecule has 1 saturated carbocycles. The predicted molar refractivity (Wildman–Crippen MR) is 116 cm³/mol. The van der Waals surface area contributed by atoms with E-state index in [0.29, 0.717) is 21.8 Å². The van der Waals surface area contributed by atoms with E-state index in [1.54, 1.807) is 12.1 Å². The van der Waals surface area contributed by atoms with E-state index in [1.165, 1.54) is 11.3 Å². The molecule has 3 amide bonds. The first-order valence-corrected chi connectivity index (χ1v) is 10.7. The van der Waals surface area contributed by atoms with Gasteiger partial charge in [-0.15, -0.1) is 11.3 Å². The average molecular weight is 425 g/mol. The lowest BCUT2D eigenvalue weighted by atomic mass is 9.89. The number of nitrogens with zero attached hydrogens (tertiary/aromatic N) is 1. The van der Waals surface area contributed by atoms with Crippen molar-refractivity contribution in [1.82, 2.24) is 10.7 Å². The Morgan fingerprint density at radius 3 is 2.60 bits per heavy atom. The number of fused-ring (bicyclic) bond motifs is 1. The first-order valence-electron chi connectivity index (χ1n) is 9.89. The van der Waals surface area contributed by atoms with Crippen LogP contribution in [0.5, 0.6) is 0 Å². The molecule has 1 aromatic carbocycles. The number of nitrogens with one attached hydrogen (secondary N) is 3. The van der Waals surface area contributed by atoms with E-state index in [1.807, 2.05) is 52.0 Å². The molecular formula is C22H24N4O3S. The molecule has 8 heteroatoms. The maximum absolute atomic E-state index is 12.7. The molecule has 2 aliphatic rings. The normalized spacial score (nSPS) is 24.6. The van der Waals surface area contributed by atoms with Crippen LogP contribution in [0.15, 0.2) is 41.5 Å². The number of thiophene rings is 1. The Kier molecular flexibility index (Phi) is 4.97. The SMILES string of the molecule is Cc1ccc(C(=O)Nc2ccccc2C2=NNC(=O)[C@H]3[C@@H](C(=O)NC(C)C)[C@@]23C)s1. The molecule has 0 radical (unpaired) electrons. The second-order valence-electron chi connectivity index (χ2n) is 8.25. The highest BCUT2D eigenvalue weighted by atomic mass is 32.1. The van der Waals surface area contributed by atoms with Crippen LogP contribution in [-0.4, -0.2) is 29.5 Å². The minimum absolute atomic E-state index is 0.0203. The topological polar surface area (TPSA) is 99.7 Å². The molecule has 0 spiro atoms. The van der Waals surface area contributed by atoms with Crippen LogP contribution in [0.2, 0.25) is 0 Å². The van der Waals surface area contributed by atoms with E-state index in [0.717, 1.165) is 4.88 Å². The van der Waals surface area contributed by atoms with Gasteiger partial charge in [0.05, 0.1) is 28.1 Å². The molecule has 0 unspecified atom stereocenters. The third kappa shape index (κ3) is 3.31. The summed E-state index contributed by atoms with van der Waals surface area (Å²) in [5, 5.41) is 10.2. The summed E-state index contributed by atoms with van der Waals surface area (Å²) in [7, 11) is 0. The van der Waals surface area contributed by atoms with Crippen LogP contribution in [0, 0.1) is 24.2 Å². The van der Waals surface area contributed by atoms with Gasteiger partial charge in [0.15, 0.2) is 0 Å². The first kappa shape index (κ1) is 20.3. The summed E-state index contributed by atoms with van der Waals surface area (Å²) in [5.41, 5.74) is 3.74. The number of hydrazone groups is 1. The number of anilines is 1. The van der Waals surface area contributed by atoms with E-state index in [9.17, 15) is 14.4 Å². The molecule has 3 N–H and O–H groups in total. The smallest absolute Gasteiger partial charge is 0.265 e. The van der Waals surface area contributed by atoms with Crippen molar-refractivity contribution in [3.8, 4) is 0 Å². The molecule has 7 nitrogen and oxygen atoms in total. The van der Waals surface area contributed by atoms with E-state index in [4.69, 9.17) is 0 Å². The zero-order valence-electron chi connectivity index (χ0n) is 17.3. The second kappa shape index (κ2) is 7.36.